The van der Waals surface area contributed by atoms with E-state index in [-0.39, 0.29) is 55.0 Å². The van der Waals surface area contributed by atoms with Gasteiger partial charge in [0.2, 0.25) is 27.7 Å². The van der Waals surface area contributed by atoms with Crippen LogP contribution in [0.5, 0.6) is 17.4 Å². The molecule has 3 fully saturated rings. The monoisotopic (exact) mass is 700 g/mol. The number of halogens is 1. The quantitative estimate of drug-likeness (QED) is 0.389. The number of aromatic nitrogens is 1. The molecule has 3 heterocycles. The van der Waals surface area contributed by atoms with E-state index in [1.54, 1.807) is 0 Å². The topological polar surface area (TPSA) is 153 Å². The van der Waals surface area contributed by atoms with Crippen LogP contribution in [-0.4, -0.2) is 79.7 Å². The molecule has 14 heteroatoms. The third kappa shape index (κ3) is 7.34. The average Bonchev–Trinajstić information content (AvgIpc) is 3.99. The summed E-state index contributed by atoms with van der Waals surface area (Å²) in [6.45, 7) is 4.29. The van der Waals surface area contributed by atoms with Crippen LogP contribution in [-0.2, 0) is 24.4 Å². The van der Waals surface area contributed by atoms with E-state index in [4.69, 9.17) is 14.2 Å². The van der Waals surface area contributed by atoms with Crippen molar-refractivity contribution in [2.75, 3.05) is 20.8 Å². The number of hydrogen-bond acceptors (Lipinski definition) is 9. The number of fused-ring (bicyclic) bond motifs is 3. The van der Waals surface area contributed by atoms with Gasteiger partial charge in [0.1, 0.15) is 23.4 Å². The lowest BCUT2D eigenvalue weighted by molar-refractivity contribution is -0.140. The van der Waals surface area contributed by atoms with Crippen molar-refractivity contribution in [3.05, 3.63) is 36.2 Å². The molecule has 49 heavy (non-hydrogen) atoms. The predicted molar refractivity (Wildman–Crippen MR) is 179 cm³/mol. The minimum Gasteiger partial charge on any atom is -0.494 e. The van der Waals surface area contributed by atoms with Gasteiger partial charge in [-0.25, -0.2) is 17.8 Å². The molecule has 2 aliphatic heterocycles. The maximum atomic E-state index is 14.8. The number of amides is 3. The molecule has 6 atom stereocenters. The number of ether oxygens (including phenoxy) is 3. The van der Waals surface area contributed by atoms with Crippen LogP contribution < -0.4 is 24.2 Å². The Balaban J connectivity index is 1.31. The van der Waals surface area contributed by atoms with Crippen LogP contribution in [0.25, 0.3) is 10.9 Å². The minimum atomic E-state index is -3.86. The van der Waals surface area contributed by atoms with Crippen molar-refractivity contribution in [1.29, 1.82) is 0 Å². The molecule has 2 saturated carbocycles. The fourth-order valence-corrected chi connectivity index (χ4v) is 8.54. The van der Waals surface area contributed by atoms with Crippen LogP contribution >= 0.6 is 0 Å². The summed E-state index contributed by atoms with van der Waals surface area (Å²) in [7, 11) is -1.06. The lowest BCUT2D eigenvalue weighted by Gasteiger charge is -2.28. The van der Waals surface area contributed by atoms with E-state index >= 15 is 0 Å². The highest BCUT2D eigenvalue weighted by molar-refractivity contribution is 7.91. The van der Waals surface area contributed by atoms with Crippen LogP contribution in [0.15, 0.2) is 30.4 Å². The molecule has 1 aromatic carbocycles. The van der Waals surface area contributed by atoms with Crippen LogP contribution in [0.3, 0.4) is 0 Å². The van der Waals surface area contributed by atoms with E-state index in [2.05, 4.69) is 28.9 Å². The number of carbonyl (C=O) groups is 3. The van der Waals surface area contributed by atoms with Gasteiger partial charge in [-0.3, -0.25) is 19.1 Å². The van der Waals surface area contributed by atoms with Gasteiger partial charge in [0.25, 0.3) is 5.91 Å². The molecule has 266 valence electrons. The lowest BCUT2D eigenvalue weighted by atomic mass is 9.88. The number of sulfonamides is 1. The number of benzene rings is 1. The van der Waals surface area contributed by atoms with Crippen molar-refractivity contribution in [1.82, 2.24) is 19.9 Å². The van der Waals surface area contributed by atoms with E-state index in [9.17, 15) is 27.2 Å². The molecule has 6 rings (SSSR count). The Labute approximate surface area is 286 Å². The SMILES string of the molecule is CC[C@H]1CC(=O)N2C[C@H](Oc3cc(OC)nc4cc(OC)c(F)cc34)C[C@H]2C(=O)N[C@]2(C(=O)NS(=O)(=O)C3CC3)CC2/C=C\CC[C@@H](C)C1. The zero-order valence-electron chi connectivity index (χ0n) is 28.4. The second-order valence-corrected chi connectivity index (χ2v) is 15.9. The molecule has 1 aromatic heterocycles. The number of carbonyl (C=O) groups excluding carboxylic acids is 3. The van der Waals surface area contributed by atoms with Gasteiger partial charge in [-0.15, -0.1) is 0 Å². The van der Waals surface area contributed by atoms with Crippen molar-refractivity contribution in [2.24, 2.45) is 17.8 Å². The average molecular weight is 701 g/mol. The van der Waals surface area contributed by atoms with Crippen molar-refractivity contribution in [3.8, 4) is 17.4 Å². The number of methoxy groups -OCH3 is 2. The van der Waals surface area contributed by atoms with Crippen LogP contribution in [0.2, 0.25) is 0 Å². The summed E-state index contributed by atoms with van der Waals surface area (Å²) >= 11 is 0. The highest BCUT2D eigenvalue weighted by Gasteiger charge is 2.62. The van der Waals surface area contributed by atoms with Crippen molar-refractivity contribution < 1.29 is 41.4 Å². The third-order valence-electron chi connectivity index (χ3n) is 10.3. The first kappa shape index (κ1) is 34.9. The summed E-state index contributed by atoms with van der Waals surface area (Å²) in [6, 6.07) is 3.24. The molecule has 0 spiro atoms. The molecule has 1 unspecified atom stereocenters. The first-order valence-corrected chi connectivity index (χ1v) is 18.6. The van der Waals surface area contributed by atoms with Gasteiger partial charge in [0.05, 0.1) is 31.5 Å². The molecule has 2 N–H and O–H groups in total. The predicted octanol–water partition coefficient (Wildman–Crippen LogP) is 4.02. The van der Waals surface area contributed by atoms with Gasteiger partial charge in [0, 0.05) is 36.3 Å². The molecular weight excluding hydrogens is 655 g/mol. The Morgan fingerprint density at radius 3 is 2.59 bits per heavy atom. The number of nitrogens with zero attached hydrogens (tertiary/aromatic N) is 2. The van der Waals surface area contributed by atoms with Crippen LogP contribution in [0.4, 0.5) is 4.39 Å². The van der Waals surface area contributed by atoms with Crippen molar-refractivity contribution >= 4 is 38.6 Å². The van der Waals surface area contributed by atoms with Gasteiger partial charge in [-0.1, -0.05) is 32.4 Å². The number of pyridine rings is 1. The van der Waals surface area contributed by atoms with Gasteiger partial charge in [0.15, 0.2) is 11.6 Å². The maximum Gasteiger partial charge on any atom is 0.259 e. The van der Waals surface area contributed by atoms with Crippen LogP contribution in [0.1, 0.15) is 71.6 Å². The second kappa shape index (κ2) is 13.8. The molecule has 3 amide bonds. The molecule has 2 aromatic rings. The highest BCUT2D eigenvalue weighted by Crippen LogP contribution is 2.46. The summed E-state index contributed by atoms with van der Waals surface area (Å²) in [5, 5.41) is 2.64. The van der Waals surface area contributed by atoms with E-state index in [1.807, 2.05) is 12.2 Å². The molecule has 0 radical (unpaired) electrons. The summed E-state index contributed by atoms with van der Waals surface area (Å²) in [5.74, 6) is -1.57. The van der Waals surface area contributed by atoms with E-state index in [1.165, 1.54) is 37.3 Å². The summed E-state index contributed by atoms with van der Waals surface area (Å²) in [4.78, 5) is 47.7. The van der Waals surface area contributed by atoms with E-state index in [0.29, 0.717) is 29.7 Å². The second-order valence-electron chi connectivity index (χ2n) is 14.0. The molecular formula is C35H45FN4O8S. The first-order valence-electron chi connectivity index (χ1n) is 17.1. The maximum absolute atomic E-state index is 14.8. The fourth-order valence-electron chi connectivity index (χ4n) is 7.17. The van der Waals surface area contributed by atoms with Gasteiger partial charge in [-0.05, 0) is 56.4 Å². The number of nitrogens with one attached hydrogen (secondary N) is 2. The number of hydrogen-bond donors (Lipinski definition) is 2. The van der Waals surface area contributed by atoms with Gasteiger partial charge < -0.3 is 24.4 Å². The smallest absolute Gasteiger partial charge is 0.259 e. The minimum absolute atomic E-state index is 0.00385. The van der Waals surface area contributed by atoms with Gasteiger partial charge in [-0.2, -0.15) is 0 Å². The van der Waals surface area contributed by atoms with Crippen molar-refractivity contribution in [3.63, 3.8) is 0 Å². The zero-order chi connectivity index (χ0) is 35.1. The highest BCUT2D eigenvalue weighted by atomic mass is 32.2. The Morgan fingerprint density at radius 2 is 1.90 bits per heavy atom. The van der Waals surface area contributed by atoms with E-state index in [0.717, 1.165) is 25.7 Å². The Kier molecular flexibility index (Phi) is 9.80. The Hall–Kier alpha value is -3.94. The lowest BCUT2D eigenvalue weighted by Crippen LogP contribution is -2.56. The van der Waals surface area contributed by atoms with Gasteiger partial charge >= 0.3 is 0 Å². The van der Waals surface area contributed by atoms with Crippen molar-refractivity contribution in [2.45, 2.75) is 94.6 Å². The third-order valence-corrected chi connectivity index (χ3v) is 12.2. The molecule has 0 bridgehead atoms. The molecule has 12 nitrogen and oxygen atoms in total. The molecule has 2 aliphatic carbocycles. The Morgan fingerprint density at radius 1 is 1.12 bits per heavy atom. The van der Waals surface area contributed by atoms with E-state index < -0.39 is 56.5 Å². The standard InChI is InChI=1S/C35H45FN4O8S/c1-5-21-12-20(2)8-6-7-9-22-18-35(22,34(43)39-49(44,45)24-10-11-24)38-33(42)28-14-23(19-40(28)32(41)13-21)48-29-17-31(47-4)37-27-16-30(46-3)26(36)15-25(27)29/h7,9,15-17,20-24,28H,5-6,8,10-14,18-19H2,1-4H3,(H,38,42)(H,39,43)/b9-7-/t20-,21-,22?,23-,28+,35-/m1/s1. The first-order chi connectivity index (χ1) is 23.4. The normalized spacial score (nSPS) is 29.9. The van der Waals surface area contributed by atoms with Crippen LogP contribution in [0, 0.1) is 23.6 Å². The molecule has 4 aliphatic rings. The number of allylic oxidation sites excluding steroid dienone is 1. The summed E-state index contributed by atoms with van der Waals surface area (Å²) in [5.41, 5.74) is -1.08. The molecule has 1 saturated heterocycles. The zero-order valence-corrected chi connectivity index (χ0v) is 29.2. The summed E-state index contributed by atoms with van der Waals surface area (Å²) in [6.07, 6.45) is 8.10. The largest absolute Gasteiger partial charge is 0.494 e. The summed E-state index contributed by atoms with van der Waals surface area (Å²) < 4.78 is 59.4. The number of rotatable bonds is 8. The Bertz CT molecular complexity index is 1770. The fraction of sp³-hybridized carbons (Fsp3) is 0.600.